The Bertz CT molecular complexity index is 159. The van der Waals surface area contributed by atoms with Crippen LogP contribution in [0.15, 0.2) is 12.7 Å². The van der Waals surface area contributed by atoms with Crippen LogP contribution in [0.4, 0.5) is 0 Å². The van der Waals surface area contributed by atoms with Gasteiger partial charge in [0.05, 0.1) is 6.10 Å². The largest absolute Gasteiger partial charge is 0.392 e. The Morgan fingerprint density at radius 2 is 1.92 bits per heavy atom. The quantitative estimate of drug-likeness (QED) is 0.673. The molecule has 76 valence electrons. The molecule has 1 aliphatic heterocycles. The van der Waals surface area contributed by atoms with E-state index in [0.29, 0.717) is 12.0 Å². The highest BCUT2D eigenvalue weighted by molar-refractivity contribution is 4.86. The molecule has 2 heteroatoms. The average molecular weight is 183 g/mol. The van der Waals surface area contributed by atoms with Gasteiger partial charge in [-0.2, -0.15) is 0 Å². The van der Waals surface area contributed by atoms with Crippen LogP contribution in [0.5, 0.6) is 0 Å². The maximum atomic E-state index is 9.43. The summed E-state index contributed by atoms with van der Waals surface area (Å²) in [6.45, 7) is 9.98. The molecule has 0 aromatic rings. The van der Waals surface area contributed by atoms with Crippen LogP contribution in [0, 0.1) is 5.92 Å². The van der Waals surface area contributed by atoms with E-state index in [-0.39, 0.29) is 6.10 Å². The molecule has 1 aliphatic rings. The van der Waals surface area contributed by atoms with E-state index >= 15 is 0 Å². The minimum absolute atomic E-state index is 0.222. The summed E-state index contributed by atoms with van der Waals surface area (Å²) >= 11 is 0. The molecule has 1 rings (SSSR count). The highest BCUT2D eigenvalue weighted by atomic mass is 16.3. The number of rotatable bonds is 3. The van der Waals surface area contributed by atoms with Crippen molar-refractivity contribution in [2.24, 2.45) is 5.92 Å². The lowest BCUT2D eigenvalue weighted by atomic mass is 9.95. The lowest BCUT2D eigenvalue weighted by Crippen LogP contribution is -2.44. The Kier molecular flexibility index (Phi) is 3.94. The van der Waals surface area contributed by atoms with Crippen LogP contribution in [0.3, 0.4) is 0 Å². The molecule has 2 atom stereocenters. The molecule has 1 saturated heterocycles. The van der Waals surface area contributed by atoms with E-state index in [1.54, 1.807) is 0 Å². The van der Waals surface area contributed by atoms with Gasteiger partial charge in [-0.25, -0.2) is 0 Å². The third kappa shape index (κ3) is 2.82. The predicted octanol–water partition coefficient (Wildman–Crippen LogP) is 1.65. The third-order valence-corrected chi connectivity index (χ3v) is 3.18. The van der Waals surface area contributed by atoms with Crippen LogP contribution in [-0.4, -0.2) is 35.2 Å². The maximum Gasteiger partial charge on any atom is 0.0664 e. The number of nitrogens with zero attached hydrogens (tertiary/aromatic N) is 1. The van der Waals surface area contributed by atoms with Crippen LogP contribution in [0.2, 0.25) is 0 Å². The summed E-state index contributed by atoms with van der Waals surface area (Å²) in [5, 5.41) is 9.43. The molecule has 0 aromatic heterocycles. The Morgan fingerprint density at radius 3 is 2.31 bits per heavy atom. The normalized spacial score (nSPS) is 25.5. The lowest BCUT2D eigenvalue weighted by Gasteiger charge is -2.36. The molecular weight excluding hydrogens is 162 g/mol. The van der Waals surface area contributed by atoms with Crippen molar-refractivity contribution in [3.63, 3.8) is 0 Å². The first-order valence-electron chi connectivity index (χ1n) is 5.19. The van der Waals surface area contributed by atoms with Crippen molar-refractivity contribution in [2.75, 3.05) is 13.1 Å². The Balaban J connectivity index is 2.36. The minimum atomic E-state index is -0.222. The molecule has 2 nitrogen and oxygen atoms in total. The molecule has 1 fully saturated rings. The summed E-state index contributed by atoms with van der Waals surface area (Å²) in [5.41, 5.74) is 0. The molecule has 0 aliphatic carbocycles. The van der Waals surface area contributed by atoms with Gasteiger partial charge in [-0.05, 0) is 45.7 Å². The highest BCUT2D eigenvalue weighted by Crippen LogP contribution is 2.20. The number of aliphatic hydroxyl groups is 1. The van der Waals surface area contributed by atoms with Crippen LogP contribution in [-0.2, 0) is 0 Å². The van der Waals surface area contributed by atoms with Gasteiger partial charge in [-0.15, -0.1) is 6.58 Å². The van der Waals surface area contributed by atoms with Gasteiger partial charge in [0.25, 0.3) is 0 Å². The number of piperidine rings is 1. The standard InChI is InChI=1S/C11H21NO/c1-4-11-5-7-12(8-6-11)9(2)10(3)13/h4,9-11,13H,1,5-8H2,2-3H3. The van der Waals surface area contributed by atoms with Crippen molar-refractivity contribution >= 4 is 0 Å². The van der Waals surface area contributed by atoms with E-state index < -0.39 is 0 Å². The Morgan fingerprint density at radius 1 is 1.38 bits per heavy atom. The lowest BCUT2D eigenvalue weighted by molar-refractivity contribution is 0.0528. The smallest absolute Gasteiger partial charge is 0.0664 e. The molecule has 13 heavy (non-hydrogen) atoms. The highest BCUT2D eigenvalue weighted by Gasteiger charge is 2.23. The van der Waals surface area contributed by atoms with Crippen molar-refractivity contribution in [1.29, 1.82) is 0 Å². The van der Waals surface area contributed by atoms with Gasteiger partial charge in [0.1, 0.15) is 0 Å². The second-order valence-corrected chi connectivity index (χ2v) is 4.09. The summed E-state index contributed by atoms with van der Waals surface area (Å²) in [6, 6.07) is 0.297. The average Bonchev–Trinajstić information content (AvgIpc) is 2.17. The van der Waals surface area contributed by atoms with Gasteiger partial charge in [-0.3, -0.25) is 4.90 Å². The van der Waals surface area contributed by atoms with Crippen LogP contribution >= 0.6 is 0 Å². The first-order chi connectivity index (χ1) is 6.15. The summed E-state index contributed by atoms with van der Waals surface area (Å²) in [7, 11) is 0. The monoisotopic (exact) mass is 183 g/mol. The van der Waals surface area contributed by atoms with E-state index in [2.05, 4.69) is 24.5 Å². The van der Waals surface area contributed by atoms with Gasteiger partial charge in [-0.1, -0.05) is 6.08 Å². The van der Waals surface area contributed by atoms with Crippen LogP contribution in [0.25, 0.3) is 0 Å². The summed E-state index contributed by atoms with van der Waals surface area (Å²) in [5.74, 6) is 0.692. The SMILES string of the molecule is C=CC1CCN(C(C)C(C)O)CC1. The van der Waals surface area contributed by atoms with Crippen LogP contribution < -0.4 is 0 Å². The van der Waals surface area contributed by atoms with Gasteiger partial charge < -0.3 is 5.11 Å². The fourth-order valence-electron chi connectivity index (χ4n) is 1.87. The Labute approximate surface area is 81.2 Å². The van der Waals surface area contributed by atoms with Gasteiger partial charge in [0.2, 0.25) is 0 Å². The summed E-state index contributed by atoms with van der Waals surface area (Å²) in [4.78, 5) is 2.37. The van der Waals surface area contributed by atoms with Gasteiger partial charge >= 0.3 is 0 Å². The summed E-state index contributed by atoms with van der Waals surface area (Å²) in [6.07, 6.45) is 4.23. The zero-order chi connectivity index (χ0) is 9.84. The molecule has 1 heterocycles. The molecule has 1 N–H and O–H groups in total. The molecule has 0 radical (unpaired) electrons. The van der Waals surface area contributed by atoms with Crippen LogP contribution in [0.1, 0.15) is 26.7 Å². The first-order valence-corrected chi connectivity index (χ1v) is 5.19. The van der Waals surface area contributed by atoms with Gasteiger partial charge in [0.15, 0.2) is 0 Å². The number of aliphatic hydroxyl groups excluding tert-OH is 1. The molecule has 2 unspecified atom stereocenters. The second kappa shape index (κ2) is 4.77. The topological polar surface area (TPSA) is 23.5 Å². The van der Waals surface area contributed by atoms with Crippen molar-refractivity contribution in [3.05, 3.63) is 12.7 Å². The fraction of sp³-hybridized carbons (Fsp3) is 0.818. The van der Waals surface area contributed by atoms with Crippen molar-refractivity contribution < 1.29 is 5.11 Å². The predicted molar refractivity (Wildman–Crippen MR) is 55.6 cm³/mol. The number of hydrogen-bond donors (Lipinski definition) is 1. The van der Waals surface area contributed by atoms with Crippen molar-refractivity contribution in [2.45, 2.75) is 38.8 Å². The molecular formula is C11H21NO. The molecule has 0 saturated carbocycles. The Hall–Kier alpha value is -0.340. The number of hydrogen-bond acceptors (Lipinski definition) is 2. The maximum absolute atomic E-state index is 9.43. The van der Waals surface area contributed by atoms with E-state index in [0.717, 1.165) is 13.1 Å². The van der Waals surface area contributed by atoms with Crippen molar-refractivity contribution in [1.82, 2.24) is 4.90 Å². The molecule has 0 bridgehead atoms. The minimum Gasteiger partial charge on any atom is -0.392 e. The molecule has 0 spiro atoms. The zero-order valence-electron chi connectivity index (χ0n) is 8.74. The van der Waals surface area contributed by atoms with E-state index in [4.69, 9.17) is 0 Å². The van der Waals surface area contributed by atoms with E-state index in [9.17, 15) is 5.11 Å². The van der Waals surface area contributed by atoms with E-state index in [1.165, 1.54) is 12.8 Å². The van der Waals surface area contributed by atoms with Gasteiger partial charge in [0, 0.05) is 6.04 Å². The fourth-order valence-corrected chi connectivity index (χ4v) is 1.87. The zero-order valence-corrected chi connectivity index (χ0v) is 8.74. The number of allylic oxidation sites excluding steroid dienone is 1. The number of likely N-dealkylation sites (tertiary alicyclic amines) is 1. The second-order valence-electron chi connectivity index (χ2n) is 4.09. The van der Waals surface area contributed by atoms with Crippen molar-refractivity contribution in [3.8, 4) is 0 Å². The summed E-state index contributed by atoms with van der Waals surface area (Å²) < 4.78 is 0. The third-order valence-electron chi connectivity index (χ3n) is 3.18. The molecule has 0 amide bonds. The molecule has 0 aromatic carbocycles. The first kappa shape index (κ1) is 10.7. The van der Waals surface area contributed by atoms with E-state index in [1.807, 2.05) is 6.92 Å².